The van der Waals surface area contributed by atoms with Crippen LogP contribution < -0.4 is 10.2 Å². The average molecular weight is 338 g/mol. The Morgan fingerprint density at radius 1 is 1.16 bits per heavy atom. The van der Waals surface area contributed by atoms with Crippen LogP contribution in [0.3, 0.4) is 0 Å². The topological polar surface area (TPSA) is 59.4 Å². The second-order valence-corrected chi connectivity index (χ2v) is 8.31. The summed E-state index contributed by atoms with van der Waals surface area (Å²) in [6, 6.07) is 10.3. The Morgan fingerprint density at radius 2 is 1.76 bits per heavy atom. The van der Waals surface area contributed by atoms with Crippen molar-refractivity contribution in [1.29, 1.82) is 5.26 Å². The quantitative estimate of drug-likeness (QED) is 0.902. The maximum Gasteiger partial charge on any atom is 0.317 e. The van der Waals surface area contributed by atoms with Gasteiger partial charge in [0, 0.05) is 37.9 Å². The van der Waals surface area contributed by atoms with Crippen molar-refractivity contribution >= 4 is 11.7 Å². The lowest BCUT2D eigenvalue weighted by molar-refractivity contribution is 0.190. The second-order valence-electron chi connectivity index (χ2n) is 8.31. The predicted molar refractivity (Wildman–Crippen MR) is 97.3 cm³/mol. The molecule has 25 heavy (non-hydrogen) atoms. The van der Waals surface area contributed by atoms with E-state index in [1.54, 1.807) is 0 Å². The van der Waals surface area contributed by atoms with Gasteiger partial charge < -0.3 is 15.1 Å². The molecule has 5 heteroatoms. The summed E-state index contributed by atoms with van der Waals surface area (Å²) >= 11 is 0. The summed E-state index contributed by atoms with van der Waals surface area (Å²) < 4.78 is 0. The Kier molecular flexibility index (Phi) is 3.87. The SMILES string of the molecule is CC1(C)[C@H]2CN(C(=O)NC3CCN(c4ccc(C#N)cc4)CC3)C[C@@H]21. The lowest BCUT2D eigenvalue weighted by atomic mass is 10.0. The van der Waals surface area contributed by atoms with Gasteiger partial charge in [0.15, 0.2) is 0 Å². The number of benzene rings is 1. The molecule has 3 fully saturated rings. The van der Waals surface area contributed by atoms with Gasteiger partial charge >= 0.3 is 6.03 Å². The monoisotopic (exact) mass is 338 g/mol. The van der Waals surface area contributed by atoms with Gasteiger partial charge in [0.05, 0.1) is 11.6 Å². The summed E-state index contributed by atoms with van der Waals surface area (Å²) in [6.07, 6.45) is 1.94. The van der Waals surface area contributed by atoms with Gasteiger partial charge in [-0.2, -0.15) is 5.26 Å². The summed E-state index contributed by atoms with van der Waals surface area (Å²) in [5, 5.41) is 12.1. The minimum atomic E-state index is 0.125. The number of hydrogen-bond donors (Lipinski definition) is 1. The van der Waals surface area contributed by atoms with Crippen molar-refractivity contribution in [1.82, 2.24) is 10.2 Å². The number of likely N-dealkylation sites (tertiary alicyclic amines) is 1. The van der Waals surface area contributed by atoms with E-state index in [1.807, 2.05) is 29.2 Å². The molecular weight excluding hydrogens is 312 g/mol. The average Bonchev–Trinajstić information content (AvgIpc) is 2.99. The number of carbonyl (C=O) groups is 1. The van der Waals surface area contributed by atoms with Crippen molar-refractivity contribution in [2.24, 2.45) is 17.3 Å². The van der Waals surface area contributed by atoms with Gasteiger partial charge in [-0.25, -0.2) is 4.79 Å². The first-order valence-electron chi connectivity index (χ1n) is 9.29. The molecule has 132 valence electrons. The highest BCUT2D eigenvalue weighted by atomic mass is 16.2. The normalized spacial score (nSPS) is 27.6. The molecule has 3 aliphatic rings. The lowest BCUT2D eigenvalue weighted by Gasteiger charge is -2.35. The molecule has 1 aromatic rings. The molecule has 2 atom stereocenters. The van der Waals surface area contributed by atoms with Crippen molar-refractivity contribution in [3.05, 3.63) is 29.8 Å². The number of nitrogens with zero attached hydrogens (tertiary/aromatic N) is 3. The fraction of sp³-hybridized carbons (Fsp3) is 0.600. The summed E-state index contributed by atoms with van der Waals surface area (Å²) in [5.74, 6) is 1.41. The Hall–Kier alpha value is -2.22. The number of piperidine rings is 2. The van der Waals surface area contributed by atoms with Crippen LogP contribution in [0.5, 0.6) is 0 Å². The highest BCUT2D eigenvalue weighted by molar-refractivity contribution is 5.75. The summed E-state index contributed by atoms with van der Waals surface area (Å²) in [7, 11) is 0. The maximum absolute atomic E-state index is 12.5. The highest BCUT2D eigenvalue weighted by Gasteiger charge is 2.62. The van der Waals surface area contributed by atoms with Crippen LogP contribution in [0, 0.1) is 28.6 Å². The third-order valence-electron chi connectivity index (χ3n) is 6.59. The molecule has 0 spiro atoms. The van der Waals surface area contributed by atoms with Gasteiger partial charge in [0.1, 0.15) is 0 Å². The van der Waals surface area contributed by atoms with E-state index in [4.69, 9.17) is 5.26 Å². The molecule has 5 nitrogen and oxygen atoms in total. The van der Waals surface area contributed by atoms with Crippen molar-refractivity contribution in [2.45, 2.75) is 32.7 Å². The van der Waals surface area contributed by atoms with Gasteiger partial charge in [-0.1, -0.05) is 13.8 Å². The van der Waals surface area contributed by atoms with Crippen LogP contribution in [0.15, 0.2) is 24.3 Å². The Bertz CT molecular complexity index is 683. The zero-order chi connectivity index (χ0) is 17.6. The van der Waals surface area contributed by atoms with E-state index < -0.39 is 0 Å². The number of carbonyl (C=O) groups excluding carboxylic acids is 1. The van der Waals surface area contributed by atoms with Crippen LogP contribution in [-0.2, 0) is 0 Å². The van der Waals surface area contributed by atoms with Crippen LogP contribution in [0.25, 0.3) is 0 Å². The number of hydrogen-bond acceptors (Lipinski definition) is 3. The van der Waals surface area contributed by atoms with E-state index in [2.05, 4.69) is 30.1 Å². The molecule has 0 aromatic heterocycles. The van der Waals surface area contributed by atoms with Crippen molar-refractivity contribution in [3.63, 3.8) is 0 Å². The smallest absolute Gasteiger partial charge is 0.317 e. The highest BCUT2D eigenvalue weighted by Crippen LogP contribution is 2.61. The fourth-order valence-electron chi connectivity index (χ4n) is 4.59. The van der Waals surface area contributed by atoms with Crippen LogP contribution in [0.2, 0.25) is 0 Å². The van der Waals surface area contributed by atoms with Gasteiger partial charge in [-0.05, 0) is 54.4 Å². The van der Waals surface area contributed by atoms with Crippen LogP contribution >= 0.6 is 0 Å². The Balaban J connectivity index is 1.25. The number of rotatable bonds is 2. The van der Waals surface area contributed by atoms with Crippen molar-refractivity contribution in [2.75, 3.05) is 31.1 Å². The van der Waals surface area contributed by atoms with E-state index >= 15 is 0 Å². The molecule has 4 rings (SSSR count). The van der Waals surface area contributed by atoms with Gasteiger partial charge in [0.2, 0.25) is 0 Å². The largest absolute Gasteiger partial charge is 0.371 e. The molecule has 2 heterocycles. The standard InChI is InChI=1S/C20H26N4O/c1-20(2)17-12-24(13-18(17)20)19(25)22-15-7-9-23(10-8-15)16-5-3-14(11-21)4-6-16/h3-6,15,17-18H,7-10,12-13H2,1-2H3,(H,22,25)/t17-,18-/m0/s1. The maximum atomic E-state index is 12.5. The van der Waals surface area contributed by atoms with Crippen LogP contribution in [-0.4, -0.2) is 43.2 Å². The summed E-state index contributed by atoms with van der Waals surface area (Å²) in [4.78, 5) is 16.8. The van der Waals surface area contributed by atoms with Gasteiger partial charge in [-0.3, -0.25) is 0 Å². The molecular formula is C20H26N4O. The first-order valence-corrected chi connectivity index (χ1v) is 9.29. The van der Waals surface area contributed by atoms with E-state index in [1.165, 1.54) is 0 Å². The van der Waals surface area contributed by atoms with Gasteiger partial charge in [-0.15, -0.1) is 0 Å². The first kappa shape index (κ1) is 16.3. The molecule has 1 aliphatic carbocycles. The third-order valence-corrected chi connectivity index (χ3v) is 6.59. The second kappa shape index (κ2) is 5.94. The molecule has 0 unspecified atom stereocenters. The van der Waals surface area contributed by atoms with Crippen molar-refractivity contribution < 1.29 is 4.79 Å². The van der Waals surface area contributed by atoms with Crippen LogP contribution in [0.4, 0.5) is 10.5 Å². The van der Waals surface area contributed by atoms with E-state index in [0.29, 0.717) is 22.8 Å². The van der Waals surface area contributed by atoms with Crippen molar-refractivity contribution in [3.8, 4) is 6.07 Å². The first-order chi connectivity index (χ1) is 12.0. The molecule has 2 amide bonds. The Labute approximate surface area is 149 Å². The molecule has 0 bridgehead atoms. The minimum absolute atomic E-state index is 0.125. The van der Waals surface area contributed by atoms with Crippen LogP contribution in [0.1, 0.15) is 32.3 Å². The minimum Gasteiger partial charge on any atom is -0.371 e. The molecule has 2 saturated heterocycles. The fourth-order valence-corrected chi connectivity index (χ4v) is 4.59. The number of anilines is 1. The number of fused-ring (bicyclic) bond motifs is 1. The summed E-state index contributed by atoms with van der Waals surface area (Å²) in [6.45, 7) is 8.36. The van der Waals surface area contributed by atoms with Gasteiger partial charge in [0.25, 0.3) is 0 Å². The lowest BCUT2D eigenvalue weighted by Crippen LogP contribution is -2.49. The van der Waals surface area contributed by atoms with E-state index in [0.717, 1.165) is 44.7 Å². The number of urea groups is 1. The summed E-state index contributed by atoms with van der Waals surface area (Å²) in [5.41, 5.74) is 2.30. The zero-order valence-corrected chi connectivity index (χ0v) is 15.0. The number of amides is 2. The molecule has 1 saturated carbocycles. The van der Waals surface area contributed by atoms with E-state index in [-0.39, 0.29) is 12.1 Å². The molecule has 2 aliphatic heterocycles. The number of nitrogens with one attached hydrogen (secondary N) is 1. The van der Waals surface area contributed by atoms with E-state index in [9.17, 15) is 4.79 Å². The molecule has 0 radical (unpaired) electrons. The predicted octanol–water partition coefficient (Wildman–Crippen LogP) is 2.82. The zero-order valence-electron chi connectivity index (χ0n) is 15.0. The Morgan fingerprint density at radius 3 is 2.32 bits per heavy atom. The number of nitriles is 1. The molecule has 1 aromatic carbocycles. The molecule has 1 N–H and O–H groups in total. The third kappa shape index (κ3) is 2.95.